The lowest BCUT2D eigenvalue weighted by atomic mass is 10.1. The summed E-state index contributed by atoms with van der Waals surface area (Å²) in [6, 6.07) is 8.17. The number of diazo groups is 1. The van der Waals surface area contributed by atoms with Crippen LogP contribution in [-0.2, 0) is 20.2 Å². The fourth-order valence-corrected chi connectivity index (χ4v) is 4.00. The van der Waals surface area contributed by atoms with Crippen molar-refractivity contribution in [1.82, 2.24) is 0 Å². The van der Waals surface area contributed by atoms with E-state index in [0.717, 1.165) is 12.1 Å². The van der Waals surface area contributed by atoms with Gasteiger partial charge >= 0.3 is 5.69 Å². The van der Waals surface area contributed by atoms with Gasteiger partial charge in [-0.25, -0.2) is 0 Å². The molecule has 3 aromatic carbocycles. The van der Waals surface area contributed by atoms with E-state index in [-0.39, 0.29) is 22.4 Å². The van der Waals surface area contributed by atoms with E-state index in [1.165, 1.54) is 24.3 Å². The first-order chi connectivity index (χ1) is 13.9. The van der Waals surface area contributed by atoms with Crippen LogP contribution in [0.5, 0.6) is 5.75 Å². The molecule has 0 aromatic heterocycles. The molecular weight excluding hydrogens is 438 g/mol. The number of nitrogen functional groups attached to an aromatic ring is 1. The molecule has 0 bridgehead atoms. The molecule has 0 aliphatic rings. The minimum absolute atomic E-state index is 0.151. The van der Waals surface area contributed by atoms with Crippen molar-refractivity contribution in [3.8, 4) is 5.75 Å². The zero-order valence-corrected chi connectivity index (χ0v) is 16.3. The van der Waals surface area contributed by atoms with E-state index in [4.69, 9.17) is 11.1 Å². The molecule has 0 aliphatic carbocycles. The molecule has 30 heavy (non-hydrogen) atoms. The predicted octanol–water partition coefficient (Wildman–Crippen LogP) is 3.52. The predicted molar refractivity (Wildman–Crippen MR) is 105 cm³/mol. The van der Waals surface area contributed by atoms with E-state index < -0.39 is 46.9 Å². The number of anilines is 1. The summed E-state index contributed by atoms with van der Waals surface area (Å²) in [5, 5.41) is 25.9. The Bertz CT molecular complexity index is 1460. The molecule has 0 saturated heterocycles. The summed E-state index contributed by atoms with van der Waals surface area (Å²) in [5.74, 6) is -0.881. The highest BCUT2D eigenvalue weighted by Crippen LogP contribution is 2.45. The van der Waals surface area contributed by atoms with Gasteiger partial charge in [-0.1, -0.05) is 0 Å². The lowest BCUT2D eigenvalue weighted by Crippen LogP contribution is -2.04. The smallest absolute Gasteiger partial charge is 0.385 e. The summed E-state index contributed by atoms with van der Waals surface area (Å²) in [5.41, 5.74) is 5.31. The molecule has 3 rings (SSSR count). The third kappa shape index (κ3) is 3.90. The first kappa shape index (κ1) is 21.1. The minimum atomic E-state index is -5.02. The molecule has 0 heterocycles. The number of aromatic hydroxyl groups is 1. The molecule has 0 saturated carbocycles. The van der Waals surface area contributed by atoms with E-state index in [0.29, 0.717) is 6.07 Å². The van der Waals surface area contributed by atoms with E-state index in [9.17, 15) is 31.0 Å². The number of phenolic OH excluding ortho intramolecular Hbond substituents is 1. The lowest BCUT2D eigenvalue weighted by Gasteiger charge is -2.12. The van der Waals surface area contributed by atoms with Gasteiger partial charge in [-0.05, 0) is 30.3 Å². The molecule has 12 nitrogen and oxygen atoms in total. The monoisotopic (exact) mass is 450 g/mol. The van der Waals surface area contributed by atoms with Crippen LogP contribution in [0.3, 0.4) is 0 Å². The fourth-order valence-electron chi connectivity index (χ4n) is 2.67. The van der Waals surface area contributed by atoms with Crippen molar-refractivity contribution >= 4 is 53.8 Å². The van der Waals surface area contributed by atoms with Crippen molar-refractivity contribution in [3.63, 3.8) is 0 Å². The van der Waals surface area contributed by atoms with Crippen LogP contribution >= 0.6 is 0 Å². The van der Waals surface area contributed by atoms with Crippen LogP contribution in [0.25, 0.3) is 15.7 Å². The third-order valence-electron chi connectivity index (χ3n) is 3.99. The number of phenols is 1. The standard InChI is InChI=1S/C16H11N5O7S2/c17-11-5-6-12(29(23,24)25)10-7-13(30(26,27)28)15(16(22)14(10)11)21-20-9-3-1-8(19-18)2-4-9/h1-7H,(H4-,17,20,22,23,24,25,26,27,28)/p+1. The van der Waals surface area contributed by atoms with Crippen molar-refractivity contribution in [2.45, 2.75) is 9.79 Å². The van der Waals surface area contributed by atoms with Crippen LogP contribution in [-0.4, -0.2) is 31.0 Å². The first-order valence-corrected chi connectivity index (χ1v) is 10.7. The second-order valence-corrected chi connectivity index (χ2v) is 8.69. The summed E-state index contributed by atoms with van der Waals surface area (Å²) in [6.07, 6.45) is 0. The van der Waals surface area contributed by atoms with Gasteiger partial charge in [0.2, 0.25) is 5.39 Å². The molecule has 0 radical (unpaired) electrons. The van der Waals surface area contributed by atoms with Crippen molar-refractivity contribution in [1.29, 1.82) is 5.39 Å². The summed E-state index contributed by atoms with van der Waals surface area (Å²) in [7, 11) is -9.84. The number of nitrogens with zero attached hydrogens (tertiary/aromatic N) is 4. The number of fused-ring (bicyclic) bond motifs is 1. The third-order valence-corrected chi connectivity index (χ3v) is 5.77. The molecule has 0 amide bonds. The Morgan fingerprint density at radius 3 is 2.03 bits per heavy atom. The maximum absolute atomic E-state index is 11.8. The van der Waals surface area contributed by atoms with Crippen molar-refractivity contribution in [2.75, 3.05) is 5.73 Å². The maximum Gasteiger partial charge on any atom is 0.385 e. The lowest BCUT2D eigenvalue weighted by molar-refractivity contribution is 0.471. The highest BCUT2D eigenvalue weighted by molar-refractivity contribution is 7.86. The Morgan fingerprint density at radius 1 is 0.900 bits per heavy atom. The van der Waals surface area contributed by atoms with Crippen LogP contribution < -0.4 is 5.73 Å². The summed E-state index contributed by atoms with van der Waals surface area (Å²) < 4.78 is 65.9. The van der Waals surface area contributed by atoms with Gasteiger partial charge in [-0.3, -0.25) is 9.11 Å². The van der Waals surface area contributed by atoms with Gasteiger partial charge in [0.15, 0.2) is 10.7 Å². The zero-order valence-electron chi connectivity index (χ0n) is 14.7. The first-order valence-electron chi connectivity index (χ1n) is 7.83. The second-order valence-electron chi connectivity index (χ2n) is 5.91. The Balaban J connectivity index is 2.35. The number of nitrogens with two attached hydrogens (primary N) is 1. The Hall–Kier alpha value is -3.64. The van der Waals surface area contributed by atoms with Crippen LogP contribution in [0, 0.1) is 5.39 Å². The van der Waals surface area contributed by atoms with Crippen molar-refractivity contribution in [2.24, 2.45) is 10.2 Å². The Morgan fingerprint density at radius 2 is 1.50 bits per heavy atom. The molecule has 0 unspecified atom stereocenters. The largest absolute Gasteiger partial charge is 0.505 e. The SMILES string of the molecule is N#[N+]c1ccc(N=Nc2c(S(=O)(=O)O)cc3c(S(=O)(=O)O)ccc(N)c3c2O)cc1. The number of hydrogen-bond acceptors (Lipinski definition) is 9. The number of benzene rings is 3. The summed E-state index contributed by atoms with van der Waals surface area (Å²) in [4.78, 5) is 1.25. The van der Waals surface area contributed by atoms with Gasteiger partial charge in [0, 0.05) is 23.2 Å². The number of azo groups is 1. The zero-order chi connectivity index (χ0) is 22.3. The van der Waals surface area contributed by atoms with Crippen LogP contribution in [0.1, 0.15) is 0 Å². The molecule has 14 heteroatoms. The van der Waals surface area contributed by atoms with Gasteiger partial charge < -0.3 is 10.8 Å². The van der Waals surface area contributed by atoms with Gasteiger partial charge in [-0.15, -0.1) is 5.11 Å². The van der Waals surface area contributed by atoms with Crippen molar-refractivity contribution < 1.29 is 31.0 Å². The van der Waals surface area contributed by atoms with Gasteiger partial charge in [-0.2, -0.15) is 21.9 Å². The summed E-state index contributed by atoms with van der Waals surface area (Å²) >= 11 is 0. The van der Waals surface area contributed by atoms with Crippen LogP contribution in [0.4, 0.5) is 22.7 Å². The van der Waals surface area contributed by atoms with Crippen LogP contribution in [0.15, 0.2) is 62.5 Å². The molecule has 0 spiro atoms. The van der Waals surface area contributed by atoms with E-state index in [1.807, 2.05) is 0 Å². The molecular formula is C16H12N5O7S2+. The minimum Gasteiger partial charge on any atom is -0.505 e. The average molecular weight is 450 g/mol. The number of hydrogen-bond donors (Lipinski definition) is 4. The Labute approximate surface area is 169 Å². The van der Waals surface area contributed by atoms with Gasteiger partial charge in [0.05, 0.1) is 11.1 Å². The number of rotatable bonds is 4. The topological polar surface area (TPSA) is 208 Å². The Kier molecular flexibility index (Phi) is 5.14. The molecule has 3 aromatic rings. The van der Waals surface area contributed by atoms with Crippen molar-refractivity contribution in [3.05, 3.63) is 47.4 Å². The molecule has 5 N–H and O–H groups in total. The molecule has 0 atom stereocenters. The molecule has 0 aliphatic heterocycles. The van der Waals surface area contributed by atoms with E-state index >= 15 is 0 Å². The van der Waals surface area contributed by atoms with Gasteiger partial charge in [0.25, 0.3) is 20.2 Å². The maximum atomic E-state index is 11.8. The molecule has 0 fully saturated rings. The van der Waals surface area contributed by atoms with E-state index in [2.05, 4.69) is 15.2 Å². The fraction of sp³-hybridized carbons (Fsp3) is 0. The highest BCUT2D eigenvalue weighted by atomic mass is 32.2. The van der Waals surface area contributed by atoms with E-state index in [1.54, 1.807) is 0 Å². The summed E-state index contributed by atoms with van der Waals surface area (Å²) in [6.45, 7) is 0. The molecule has 154 valence electrons. The van der Waals surface area contributed by atoms with Crippen LogP contribution in [0.2, 0.25) is 0 Å². The average Bonchev–Trinajstić information content (AvgIpc) is 2.65. The quantitative estimate of drug-likeness (QED) is 0.198. The van der Waals surface area contributed by atoms with Gasteiger partial charge in [0.1, 0.15) is 15.5 Å². The second kappa shape index (κ2) is 7.31. The highest BCUT2D eigenvalue weighted by Gasteiger charge is 2.26. The normalized spacial score (nSPS) is 12.3.